The third-order valence-electron chi connectivity index (χ3n) is 5.65. The van der Waals surface area contributed by atoms with Crippen LogP contribution in [-0.2, 0) is 17.8 Å². The predicted octanol–water partition coefficient (Wildman–Crippen LogP) is 2.85. The highest BCUT2D eigenvalue weighted by molar-refractivity contribution is 5.90. The molecule has 7 heteroatoms. The molecule has 2 aromatic heterocycles. The Bertz CT molecular complexity index is 1260. The highest BCUT2D eigenvalue weighted by Gasteiger charge is 2.24. The minimum atomic E-state index is -0.0108. The Kier molecular flexibility index (Phi) is 4.54. The van der Waals surface area contributed by atoms with E-state index in [9.17, 15) is 4.79 Å². The van der Waals surface area contributed by atoms with Crippen molar-refractivity contribution < 1.29 is 4.74 Å². The lowest BCUT2D eigenvalue weighted by Crippen LogP contribution is -2.31. The molecule has 3 heterocycles. The summed E-state index contributed by atoms with van der Waals surface area (Å²) in [4.78, 5) is 18.2. The fourth-order valence-electron chi connectivity index (χ4n) is 3.99. The Morgan fingerprint density at radius 2 is 2.03 bits per heavy atom. The van der Waals surface area contributed by atoms with Crippen LogP contribution in [0.4, 0.5) is 5.69 Å². The zero-order chi connectivity index (χ0) is 19.8. The van der Waals surface area contributed by atoms with E-state index in [1.165, 1.54) is 0 Å². The lowest BCUT2D eigenvalue weighted by molar-refractivity contribution is 0.193. The molecule has 29 heavy (non-hydrogen) atoms. The van der Waals surface area contributed by atoms with E-state index in [1.807, 2.05) is 59.2 Å². The van der Waals surface area contributed by atoms with Gasteiger partial charge in [-0.05, 0) is 30.2 Å². The third-order valence-corrected chi connectivity index (χ3v) is 5.65. The maximum absolute atomic E-state index is 13.3. The van der Waals surface area contributed by atoms with E-state index in [0.717, 1.165) is 41.2 Å². The van der Waals surface area contributed by atoms with Crippen molar-refractivity contribution in [2.45, 2.75) is 19.5 Å². The number of aromatic nitrogens is 3. The summed E-state index contributed by atoms with van der Waals surface area (Å²) in [6.07, 6.45) is 2.76. The topological polar surface area (TPSA) is 89.8 Å². The number of H-pyrrole nitrogens is 1. The first kappa shape index (κ1) is 17.9. The normalized spacial score (nSPS) is 17.6. The van der Waals surface area contributed by atoms with Crippen molar-refractivity contribution in [3.05, 3.63) is 70.6 Å². The molecule has 7 nitrogen and oxygen atoms in total. The summed E-state index contributed by atoms with van der Waals surface area (Å²) in [5.41, 5.74) is 10.4. The van der Waals surface area contributed by atoms with E-state index in [0.29, 0.717) is 25.1 Å². The molecule has 0 saturated carbocycles. The van der Waals surface area contributed by atoms with Gasteiger partial charge >= 0.3 is 0 Å². The van der Waals surface area contributed by atoms with Crippen molar-refractivity contribution in [2.24, 2.45) is 16.6 Å². The SMILES string of the molecule is NCc1ccccc1N=C(Cn1c(=O)c2ccccc2n2[nH]cc12)C1CCOC1. The number of fused-ring (bicyclic) bond motifs is 3. The highest BCUT2D eigenvalue weighted by Crippen LogP contribution is 2.24. The van der Waals surface area contributed by atoms with Gasteiger partial charge in [0.05, 0.1) is 35.9 Å². The molecule has 0 radical (unpaired) electrons. The number of para-hydroxylation sites is 2. The Morgan fingerprint density at radius 3 is 2.79 bits per heavy atom. The molecular weight excluding hydrogens is 366 g/mol. The van der Waals surface area contributed by atoms with E-state index in [-0.39, 0.29) is 11.5 Å². The molecule has 1 aliphatic rings. The van der Waals surface area contributed by atoms with E-state index in [2.05, 4.69) is 5.10 Å². The van der Waals surface area contributed by atoms with Crippen LogP contribution in [0.1, 0.15) is 12.0 Å². The number of hydrogen-bond acceptors (Lipinski definition) is 4. The van der Waals surface area contributed by atoms with Gasteiger partial charge in [0.1, 0.15) is 0 Å². The lowest BCUT2D eigenvalue weighted by atomic mass is 10.0. The highest BCUT2D eigenvalue weighted by atomic mass is 16.5. The van der Waals surface area contributed by atoms with Crippen LogP contribution in [-0.4, -0.2) is 33.1 Å². The Labute approximate surface area is 167 Å². The third kappa shape index (κ3) is 3.08. The van der Waals surface area contributed by atoms with Crippen LogP contribution in [0.2, 0.25) is 0 Å². The minimum absolute atomic E-state index is 0.0108. The van der Waals surface area contributed by atoms with E-state index < -0.39 is 0 Å². The zero-order valence-electron chi connectivity index (χ0n) is 16.0. The van der Waals surface area contributed by atoms with E-state index in [1.54, 1.807) is 4.57 Å². The van der Waals surface area contributed by atoms with Gasteiger partial charge in [0.2, 0.25) is 0 Å². The maximum Gasteiger partial charge on any atom is 0.262 e. The first-order valence-corrected chi connectivity index (χ1v) is 9.87. The minimum Gasteiger partial charge on any atom is -0.381 e. The van der Waals surface area contributed by atoms with Gasteiger partial charge in [0.15, 0.2) is 5.65 Å². The number of benzene rings is 2. The molecule has 1 aliphatic heterocycles. The van der Waals surface area contributed by atoms with Gasteiger partial charge in [-0.2, -0.15) is 0 Å². The van der Waals surface area contributed by atoms with Gasteiger partial charge in [0, 0.05) is 24.8 Å². The van der Waals surface area contributed by atoms with Gasteiger partial charge in [-0.1, -0.05) is 30.3 Å². The van der Waals surface area contributed by atoms with Crippen LogP contribution >= 0.6 is 0 Å². The first-order valence-electron chi connectivity index (χ1n) is 9.87. The van der Waals surface area contributed by atoms with Crippen LogP contribution < -0.4 is 11.3 Å². The number of rotatable bonds is 5. The number of hydrogen-bond donors (Lipinski definition) is 2. The number of aliphatic imine (C=N–C) groups is 1. The molecule has 1 saturated heterocycles. The quantitative estimate of drug-likeness (QED) is 0.514. The second-order valence-electron chi connectivity index (χ2n) is 7.37. The molecule has 1 fully saturated rings. The summed E-state index contributed by atoms with van der Waals surface area (Å²) in [5, 5.41) is 3.84. The summed E-state index contributed by atoms with van der Waals surface area (Å²) >= 11 is 0. The van der Waals surface area contributed by atoms with Crippen LogP contribution in [0.5, 0.6) is 0 Å². The number of ether oxygens (including phenoxy) is 1. The molecule has 3 N–H and O–H groups in total. The fraction of sp³-hybridized carbons (Fsp3) is 0.273. The molecule has 0 bridgehead atoms. The summed E-state index contributed by atoms with van der Waals surface area (Å²) in [6.45, 7) is 2.19. The van der Waals surface area contributed by atoms with Crippen LogP contribution in [0.25, 0.3) is 16.6 Å². The molecule has 2 aromatic carbocycles. The molecule has 0 aliphatic carbocycles. The lowest BCUT2D eigenvalue weighted by Gasteiger charge is -2.20. The van der Waals surface area contributed by atoms with Crippen molar-refractivity contribution >= 4 is 27.9 Å². The van der Waals surface area contributed by atoms with Crippen molar-refractivity contribution in [3.63, 3.8) is 0 Å². The number of aromatic amines is 1. The standard InChI is InChI=1S/C22H23N5O2/c23-11-15-5-1-3-7-18(15)25-19(16-9-10-29-14-16)13-26-21-12-24-27(21)20-8-4-2-6-17(20)22(26)28/h1-8,12,16,24H,9-11,13-14,23H2. The molecule has 1 atom stereocenters. The summed E-state index contributed by atoms with van der Waals surface area (Å²) in [7, 11) is 0. The fourth-order valence-corrected chi connectivity index (χ4v) is 3.99. The zero-order valence-corrected chi connectivity index (χ0v) is 16.0. The Hall–Kier alpha value is -3.16. The average Bonchev–Trinajstić information content (AvgIpc) is 3.26. The maximum atomic E-state index is 13.3. The van der Waals surface area contributed by atoms with Gasteiger partial charge < -0.3 is 10.5 Å². The number of nitrogens with two attached hydrogens (primary N) is 1. The molecule has 148 valence electrons. The van der Waals surface area contributed by atoms with Gasteiger partial charge in [-0.15, -0.1) is 0 Å². The molecule has 0 amide bonds. The molecule has 0 spiro atoms. The van der Waals surface area contributed by atoms with Crippen LogP contribution in [0, 0.1) is 5.92 Å². The molecule has 4 aromatic rings. The van der Waals surface area contributed by atoms with Crippen LogP contribution in [0.3, 0.4) is 0 Å². The van der Waals surface area contributed by atoms with Crippen molar-refractivity contribution in [3.8, 4) is 0 Å². The van der Waals surface area contributed by atoms with Crippen molar-refractivity contribution in [1.82, 2.24) is 14.2 Å². The summed E-state index contributed by atoms with van der Waals surface area (Å²) in [5.74, 6) is 0.188. The predicted molar refractivity (Wildman–Crippen MR) is 114 cm³/mol. The molecule has 5 rings (SSSR count). The largest absolute Gasteiger partial charge is 0.381 e. The van der Waals surface area contributed by atoms with E-state index in [4.69, 9.17) is 15.5 Å². The summed E-state index contributed by atoms with van der Waals surface area (Å²) in [6, 6.07) is 15.5. The van der Waals surface area contributed by atoms with Crippen molar-refractivity contribution in [2.75, 3.05) is 13.2 Å². The van der Waals surface area contributed by atoms with Crippen molar-refractivity contribution in [1.29, 1.82) is 0 Å². The first-order chi connectivity index (χ1) is 14.3. The van der Waals surface area contributed by atoms with Gasteiger partial charge in [-0.25, -0.2) is 4.52 Å². The molecule has 1 unspecified atom stereocenters. The average molecular weight is 389 g/mol. The second-order valence-corrected chi connectivity index (χ2v) is 7.37. The summed E-state index contributed by atoms with van der Waals surface area (Å²) < 4.78 is 9.35. The monoisotopic (exact) mass is 389 g/mol. The van der Waals surface area contributed by atoms with Gasteiger partial charge in [0.25, 0.3) is 5.56 Å². The van der Waals surface area contributed by atoms with Crippen LogP contribution in [0.15, 0.2) is 64.5 Å². The van der Waals surface area contributed by atoms with Gasteiger partial charge in [-0.3, -0.25) is 19.5 Å². The molecular formula is C22H23N5O2. The smallest absolute Gasteiger partial charge is 0.262 e. The number of nitrogens with one attached hydrogen (secondary N) is 1. The Balaban J connectivity index is 1.64. The number of nitrogens with zero attached hydrogens (tertiary/aromatic N) is 3. The van der Waals surface area contributed by atoms with E-state index >= 15 is 0 Å². The second kappa shape index (κ2) is 7.35. The Morgan fingerprint density at radius 1 is 1.21 bits per heavy atom.